The number of benzene rings is 2. The molecule has 0 atom stereocenters. The van der Waals surface area contributed by atoms with Gasteiger partial charge < -0.3 is 10.3 Å². The number of H-pyrrole nitrogens is 1. The molecule has 1 amide bonds. The number of carbonyl (C=O) groups excluding carboxylic acids is 1. The minimum absolute atomic E-state index is 0.0837. The first-order chi connectivity index (χ1) is 10.2. The van der Waals surface area contributed by atoms with Crippen molar-refractivity contribution in [3.8, 4) is 0 Å². The van der Waals surface area contributed by atoms with Crippen LogP contribution < -0.4 is 5.32 Å². The summed E-state index contributed by atoms with van der Waals surface area (Å²) in [4.78, 5) is 18.9. The zero-order valence-electron chi connectivity index (χ0n) is 11.6. The van der Waals surface area contributed by atoms with E-state index in [1.54, 1.807) is 0 Å². The minimum Gasteiger partial charge on any atom is -0.338 e. The number of carbonyl (C=O) groups is 1. The molecule has 4 heteroatoms. The third-order valence-electron chi connectivity index (χ3n) is 3.10. The maximum Gasteiger partial charge on any atom is 0.221 e. The van der Waals surface area contributed by atoms with Crippen LogP contribution in [-0.4, -0.2) is 15.9 Å². The Morgan fingerprint density at radius 1 is 1.10 bits per heavy atom. The molecular formula is C17H15N3O. The number of amides is 1. The summed E-state index contributed by atoms with van der Waals surface area (Å²) in [6.07, 6.45) is 3.84. The first-order valence-corrected chi connectivity index (χ1v) is 6.72. The van der Waals surface area contributed by atoms with Gasteiger partial charge in [-0.3, -0.25) is 4.79 Å². The van der Waals surface area contributed by atoms with E-state index in [-0.39, 0.29) is 5.91 Å². The average Bonchev–Trinajstić information content (AvgIpc) is 2.88. The zero-order valence-corrected chi connectivity index (χ0v) is 11.6. The molecular weight excluding hydrogens is 262 g/mol. The lowest BCUT2D eigenvalue weighted by Gasteiger charge is -2.05. The molecule has 0 saturated carbocycles. The predicted molar refractivity (Wildman–Crippen MR) is 85.8 cm³/mol. The van der Waals surface area contributed by atoms with Crippen LogP contribution in [0.2, 0.25) is 0 Å². The maximum absolute atomic E-state index is 11.2. The molecule has 0 aliphatic heterocycles. The Labute approximate surface area is 122 Å². The lowest BCUT2D eigenvalue weighted by molar-refractivity contribution is -0.114. The fraction of sp³-hybridized carbons (Fsp3) is 0.0588. The van der Waals surface area contributed by atoms with Crippen molar-refractivity contribution in [3.63, 3.8) is 0 Å². The molecule has 0 fully saturated rings. The van der Waals surface area contributed by atoms with Crippen molar-refractivity contribution >= 4 is 34.8 Å². The van der Waals surface area contributed by atoms with Crippen LogP contribution in [0.5, 0.6) is 0 Å². The highest BCUT2D eigenvalue weighted by atomic mass is 16.1. The molecule has 0 radical (unpaired) electrons. The van der Waals surface area contributed by atoms with Crippen molar-refractivity contribution in [1.82, 2.24) is 9.97 Å². The van der Waals surface area contributed by atoms with E-state index in [0.29, 0.717) is 0 Å². The summed E-state index contributed by atoms with van der Waals surface area (Å²) in [5.41, 5.74) is 3.67. The number of nitrogens with one attached hydrogen (secondary N) is 2. The predicted octanol–water partition coefficient (Wildman–Crippen LogP) is 3.69. The Bertz CT molecular complexity index is 785. The molecule has 0 aliphatic carbocycles. The van der Waals surface area contributed by atoms with Gasteiger partial charge in [0.1, 0.15) is 5.82 Å². The number of anilines is 1. The first-order valence-electron chi connectivity index (χ1n) is 6.72. The quantitative estimate of drug-likeness (QED) is 0.767. The van der Waals surface area contributed by atoms with Gasteiger partial charge in [0.25, 0.3) is 0 Å². The third-order valence-corrected chi connectivity index (χ3v) is 3.10. The van der Waals surface area contributed by atoms with E-state index < -0.39 is 0 Å². The van der Waals surface area contributed by atoms with Crippen molar-refractivity contribution in [2.24, 2.45) is 0 Å². The van der Waals surface area contributed by atoms with Crippen LogP contribution in [0.3, 0.4) is 0 Å². The van der Waals surface area contributed by atoms with Gasteiger partial charge in [0.2, 0.25) is 5.91 Å². The first kappa shape index (κ1) is 13.1. The molecule has 4 nitrogen and oxygen atoms in total. The number of hydrogen-bond acceptors (Lipinski definition) is 2. The second kappa shape index (κ2) is 5.63. The van der Waals surface area contributed by atoms with Crippen LogP contribution in [0.15, 0.2) is 48.5 Å². The fourth-order valence-electron chi connectivity index (χ4n) is 2.17. The number of hydrogen-bond donors (Lipinski definition) is 2. The highest BCUT2D eigenvalue weighted by molar-refractivity contribution is 5.92. The summed E-state index contributed by atoms with van der Waals surface area (Å²) >= 11 is 0. The summed E-state index contributed by atoms with van der Waals surface area (Å²) in [5.74, 6) is 0.702. The molecule has 2 aromatic carbocycles. The van der Waals surface area contributed by atoms with Gasteiger partial charge in [-0.1, -0.05) is 30.3 Å². The van der Waals surface area contributed by atoms with Gasteiger partial charge in [0, 0.05) is 12.6 Å². The van der Waals surface area contributed by atoms with Crippen LogP contribution in [-0.2, 0) is 4.79 Å². The van der Waals surface area contributed by atoms with Gasteiger partial charge >= 0.3 is 0 Å². The third kappa shape index (κ3) is 3.00. The molecule has 0 spiro atoms. The van der Waals surface area contributed by atoms with Crippen LogP contribution in [0, 0.1) is 0 Å². The average molecular weight is 277 g/mol. The van der Waals surface area contributed by atoms with Gasteiger partial charge in [-0.15, -0.1) is 0 Å². The Hall–Kier alpha value is -2.88. The number of fused-ring (bicyclic) bond motifs is 1. The molecule has 0 bridgehead atoms. The summed E-state index contributed by atoms with van der Waals surface area (Å²) in [5, 5.41) is 2.82. The number of nitrogens with zero attached hydrogens (tertiary/aromatic N) is 1. The lowest BCUT2D eigenvalue weighted by atomic mass is 10.1. The normalized spacial score (nSPS) is 11.1. The van der Waals surface area contributed by atoms with Crippen molar-refractivity contribution in [3.05, 3.63) is 59.9 Å². The number of imidazole rings is 1. The molecule has 3 rings (SSSR count). The number of aromatic amines is 1. The monoisotopic (exact) mass is 277 g/mol. The van der Waals surface area contributed by atoms with E-state index in [1.807, 2.05) is 60.7 Å². The summed E-state index contributed by atoms with van der Waals surface area (Å²) in [7, 11) is 0. The van der Waals surface area contributed by atoms with Gasteiger partial charge in [-0.2, -0.15) is 0 Å². The SMILES string of the molecule is CC(=O)Nc1ccccc1/C=C/c1nc2ccccc2[nH]1. The van der Waals surface area contributed by atoms with Crippen molar-refractivity contribution < 1.29 is 4.79 Å². The van der Waals surface area contributed by atoms with Crippen LogP contribution >= 0.6 is 0 Å². The van der Waals surface area contributed by atoms with Crippen molar-refractivity contribution in [2.75, 3.05) is 5.32 Å². The highest BCUT2D eigenvalue weighted by Gasteiger charge is 2.01. The van der Waals surface area contributed by atoms with Gasteiger partial charge in [-0.05, 0) is 35.9 Å². The molecule has 21 heavy (non-hydrogen) atoms. The number of para-hydroxylation sites is 3. The largest absolute Gasteiger partial charge is 0.338 e. The van der Waals surface area contributed by atoms with E-state index in [4.69, 9.17) is 0 Å². The Balaban J connectivity index is 1.90. The number of aromatic nitrogens is 2. The highest BCUT2D eigenvalue weighted by Crippen LogP contribution is 2.18. The van der Waals surface area contributed by atoms with E-state index in [2.05, 4.69) is 15.3 Å². The smallest absolute Gasteiger partial charge is 0.221 e. The minimum atomic E-state index is -0.0837. The van der Waals surface area contributed by atoms with Crippen LogP contribution in [0.4, 0.5) is 5.69 Å². The topological polar surface area (TPSA) is 57.8 Å². The van der Waals surface area contributed by atoms with Gasteiger partial charge in [0.05, 0.1) is 11.0 Å². The molecule has 104 valence electrons. The van der Waals surface area contributed by atoms with E-state index >= 15 is 0 Å². The Kier molecular flexibility index (Phi) is 3.51. The lowest BCUT2D eigenvalue weighted by Crippen LogP contribution is -2.06. The van der Waals surface area contributed by atoms with Gasteiger partial charge in [0.15, 0.2) is 0 Å². The van der Waals surface area contributed by atoms with E-state index in [1.165, 1.54) is 6.92 Å². The zero-order chi connectivity index (χ0) is 14.7. The summed E-state index contributed by atoms with van der Waals surface area (Å²) in [6, 6.07) is 15.5. The van der Waals surface area contributed by atoms with E-state index in [0.717, 1.165) is 28.1 Å². The van der Waals surface area contributed by atoms with Crippen LogP contribution in [0.25, 0.3) is 23.2 Å². The van der Waals surface area contributed by atoms with Crippen molar-refractivity contribution in [2.45, 2.75) is 6.92 Å². The van der Waals surface area contributed by atoms with Crippen LogP contribution in [0.1, 0.15) is 18.3 Å². The molecule has 0 unspecified atom stereocenters. The van der Waals surface area contributed by atoms with E-state index in [9.17, 15) is 4.79 Å². The molecule has 0 saturated heterocycles. The standard InChI is InChI=1S/C17H15N3O/c1-12(21)18-14-7-3-2-6-13(14)10-11-17-19-15-8-4-5-9-16(15)20-17/h2-11H,1H3,(H,18,21)(H,19,20)/b11-10+. The summed E-state index contributed by atoms with van der Waals surface area (Å²) < 4.78 is 0. The summed E-state index contributed by atoms with van der Waals surface area (Å²) in [6.45, 7) is 1.50. The molecule has 3 aromatic rings. The molecule has 1 heterocycles. The second-order valence-corrected chi connectivity index (χ2v) is 4.74. The fourth-order valence-corrected chi connectivity index (χ4v) is 2.17. The van der Waals surface area contributed by atoms with Crippen molar-refractivity contribution in [1.29, 1.82) is 0 Å². The molecule has 2 N–H and O–H groups in total. The Morgan fingerprint density at radius 3 is 2.67 bits per heavy atom. The maximum atomic E-state index is 11.2. The van der Waals surface area contributed by atoms with Gasteiger partial charge in [-0.25, -0.2) is 4.98 Å². The second-order valence-electron chi connectivity index (χ2n) is 4.74. The number of rotatable bonds is 3. The Morgan fingerprint density at radius 2 is 1.86 bits per heavy atom. The molecule has 1 aromatic heterocycles. The molecule has 0 aliphatic rings.